The molecule has 2 rings (SSSR count). The Labute approximate surface area is 107 Å². The highest BCUT2D eigenvalue weighted by Crippen LogP contribution is 2.00. The molecule has 0 aliphatic heterocycles. The van der Waals surface area contributed by atoms with Crippen LogP contribution in [0.5, 0.6) is 0 Å². The summed E-state index contributed by atoms with van der Waals surface area (Å²) in [6.07, 6.45) is 6.51. The van der Waals surface area contributed by atoms with E-state index in [0.717, 1.165) is 44.7 Å². The van der Waals surface area contributed by atoms with Crippen LogP contribution >= 0.6 is 0 Å². The lowest BCUT2D eigenvalue weighted by atomic mass is 10.3. The van der Waals surface area contributed by atoms with Gasteiger partial charge in [-0.05, 0) is 25.5 Å². The molecule has 0 aromatic carbocycles. The standard InChI is InChI=1S/C12H20N6/c1-2-8-18-11(5-7-16-18)9-13-6-3-4-12-14-10-15-17-12/h5,7,10,13H,2-4,6,8-9H2,1H3,(H,14,15,17). The number of hydrogen-bond donors (Lipinski definition) is 2. The van der Waals surface area contributed by atoms with Gasteiger partial charge in [0.05, 0.1) is 5.69 Å². The molecule has 0 atom stereocenters. The summed E-state index contributed by atoms with van der Waals surface area (Å²) in [5, 5.41) is 14.4. The molecule has 18 heavy (non-hydrogen) atoms. The van der Waals surface area contributed by atoms with E-state index < -0.39 is 0 Å². The fourth-order valence-electron chi connectivity index (χ4n) is 1.87. The Kier molecular flexibility index (Phi) is 4.89. The highest BCUT2D eigenvalue weighted by atomic mass is 15.3. The first-order valence-corrected chi connectivity index (χ1v) is 6.45. The van der Waals surface area contributed by atoms with Crippen LogP contribution in [0.25, 0.3) is 0 Å². The quantitative estimate of drug-likeness (QED) is 0.687. The van der Waals surface area contributed by atoms with Crippen LogP contribution in [0.3, 0.4) is 0 Å². The normalized spacial score (nSPS) is 10.9. The van der Waals surface area contributed by atoms with Gasteiger partial charge in [0.1, 0.15) is 12.2 Å². The second-order valence-corrected chi connectivity index (χ2v) is 4.26. The average molecular weight is 248 g/mol. The molecule has 2 N–H and O–H groups in total. The second-order valence-electron chi connectivity index (χ2n) is 4.26. The van der Waals surface area contributed by atoms with Crippen molar-refractivity contribution in [3.05, 3.63) is 30.1 Å². The number of aryl methyl sites for hydroxylation is 2. The molecule has 0 aliphatic rings. The molecule has 0 amide bonds. The third-order valence-corrected chi connectivity index (χ3v) is 2.78. The minimum absolute atomic E-state index is 0.871. The van der Waals surface area contributed by atoms with Gasteiger partial charge < -0.3 is 5.32 Å². The number of nitrogens with one attached hydrogen (secondary N) is 2. The van der Waals surface area contributed by atoms with Crippen molar-refractivity contribution in [1.82, 2.24) is 30.3 Å². The van der Waals surface area contributed by atoms with Crippen LogP contribution in [0, 0.1) is 0 Å². The fraction of sp³-hybridized carbons (Fsp3) is 0.583. The van der Waals surface area contributed by atoms with E-state index in [4.69, 9.17) is 0 Å². The molecular formula is C12H20N6. The lowest BCUT2D eigenvalue weighted by Crippen LogP contribution is -2.18. The van der Waals surface area contributed by atoms with Gasteiger partial charge in [0, 0.05) is 25.7 Å². The largest absolute Gasteiger partial charge is 0.311 e. The second kappa shape index (κ2) is 6.90. The van der Waals surface area contributed by atoms with Crippen molar-refractivity contribution in [2.24, 2.45) is 0 Å². The van der Waals surface area contributed by atoms with Crippen LogP contribution in [0.15, 0.2) is 18.6 Å². The first-order valence-electron chi connectivity index (χ1n) is 6.45. The van der Waals surface area contributed by atoms with Crippen molar-refractivity contribution in [2.75, 3.05) is 6.54 Å². The molecule has 0 radical (unpaired) electrons. The summed E-state index contributed by atoms with van der Waals surface area (Å²) in [6, 6.07) is 2.07. The molecule has 0 spiro atoms. The minimum Gasteiger partial charge on any atom is -0.311 e. The maximum absolute atomic E-state index is 4.30. The topological polar surface area (TPSA) is 71.4 Å². The van der Waals surface area contributed by atoms with Gasteiger partial charge in [-0.1, -0.05) is 6.92 Å². The molecular weight excluding hydrogens is 228 g/mol. The monoisotopic (exact) mass is 248 g/mol. The first-order chi connectivity index (χ1) is 8.90. The smallest absolute Gasteiger partial charge is 0.137 e. The Balaban J connectivity index is 1.64. The van der Waals surface area contributed by atoms with Crippen LogP contribution in [-0.4, -0.2) is 31.5 Å². The molecule has 0 bridgehead atoms. The molecule has 0 aliphatic carbocycles. The molecule has 0 fully saturated rings. The predicted molar refractivity (Wildman–Crippen MR) is 68.9 cm³/mol. The molecule has 2 aromatic heterocycles. The lowest BCUT2D eigenvalue weighted by Gasteiger charge is -2.07. The Bertz CT molecular complexity index is 433. The summed E-state index contributed by atoms with van der Waals surface area (Å²) in [7, 11) is 0. The number of aromatic amines is 1. The Hall–Kier alpha value is -1.69. The van der Waals surface area contributed by atoms with Crippen molar-refractivity contribution < 1.29 is 0 Å². The zero-order valence-electron chi connectivity index (χ0n) is 10.8. The lowest BCUT2D eigenvalue weighted by molar-refractivity contribution is 0.544. The SMILES string of the molecule is CCCn1nccc1CNCCCc1ncn[nH]1. The van der Waals surface area contributed by atoms with Crippen molar-refractivity contribution in [3.63, 3.8) is 0 Å². The summed E-state index contributed by atoms with van der Waals surface area (Å²) >= 11 is 0. The van der Waals surface area contributed by atoms with Crippen LogP contribution in [0.2, 0.25) is 0 Å². The first kappa shape index (κ1) is 12.8. The van der Waals surface area contributed by atoms with E-state index in [2.05, 4.69) is 43.3 Å². The van der Waals surface area contributed by atoms with Crippen LogP contribution in [-0.2, 0) is 19.5 Å². The van der Waals surface area contributed by atoms with Crippen molar-refractivity contribution in [2.45, 2.75) is 39.3 Å². The number of H-pyrrole nitrogens is 1. The van der Waals surface area contributed by atoms with Gasteiger partial charge in [0.25, 0.3) is 0 Å². The van der Waals surface area contributed by atoms with Gasteiger partial charge in [-0.15, -0.1) is 0 Å². The van der Waals surface area contributed by atoms with Crippen molar-refractivity contribution in [1.29, 1.82) is 0 Å². The maximum Gasteiger partial charge on any atom is 0.137 e. The Morgan fingerprint density at radius 2 is 2.39 bits per heavy atom. The number of aromatic nitrogens is 5. The molecule has 98 valence electrons. The van der Waals surface area contributed by atoms with E-state index in [-0.39, 0.29) is 0 Å². The predicted octanol–water partition coefficient (Wildman–Crippen LogP) is 1.13. The summed E-state index contributed by atoms with van der Waals surface area (Å²) in [6.45, 7) is 4.99. The van der Waals surface area contributed by atoms with Gasteiger partial charge in [-0.3, -0.25) is 9.78 Å². The molecule has 6 nitrogen and oxygen atoms in total. The molecule has 2 heterocycles. The third kappa shape index (κ3) is 3.66. The summed E-state index contributed by atoms with van der Waals surface area (Å²) in [5.41, 5.74) is 1.25. The van der Waals surface area contributed by atoms with Crippen LogP contribution in [0.1, 0.15) is 31.3 Å². The number of hydrogen-bond acceptors (Lipinski definition) is 4. The molecule has 0 saturated heterocycles. The fourth-order valence-corrected chi connectivity index (χ4v) is 1.87. The van der Waals surface area contributed by atoms with Crippen LogP contribution in [0.4, 0.5) is 0 Å². The number of nitrogens with zero attached hydrogens (tertiary/aromatic N) is 4. The van der Waals surface area contributed by atoms with Gasteiger partial charge in [0.2, 0.25) is 0 Å². The van der Waals surface area contributed by atoms with Crippen molar-refractivity contribution in [3.8, 4) is 0 Å². The molecule has 6 heteroatoms. The zero-order valence-corrected chi connectivity index (χ0v) is 10.8. The van der Waals surface area contributed by atoms with E-state index in [1.54, 1.807) is 6.33 Å². The summed E-state index contributed by atoms with van der Waals surface area (Å²) in [5.74, 6) is 0.952. The number of rotatable bonds is 8. The van der Waals surface area contributed by atoms with Gasteiger partial charge in [-0.25, -0.2) is 4.98 Å². The average Bonchev–Trinajstić information content (AvgIpc) is 3.01. The van der Waals surface area contributed by atoms with E-state index in [1.165, 1.54) is 5.69 Å². The molecule has 2 aromatic rings. The van der Waals surface area contributed by atoms with E-state index in [0.29, 0.717) is 0 Å². The molecule has 0 unspecified atom stereocenters. The van der Waals surface area contributed by atoms with E-state index in [9.17, 15) is 0 Å². The van der Waals surface area contributed by atoms with E-state index in [1.807, 2.05) is 6.20 Å². The molecule has 0 saturated carbocycles. The Morgan fingerprint density at radius 1 is 1.44 bits per heavy atom. The summed E-state index contributed by atoms with van der Waals surface area (Å²) < 4.78 is 2.06. The van der Waals surface area contributed by atoms with Gasteiger partial charge in [-0.2, -0.15) is 10.2 Å². The van der Waals surface area contributed by atoms with E-state index >= 15 is 0 Å². The zero-order chi connectivity index (χ0) is 12.6. The highest BCUT2D eigenvalue weighted by molar-refractivity contribution is 4.99. The third-order valence-electron chi connectivity index (χ3n) is 2.78. The summed E-state index contributed by atoms with van der Waals surface area (Å²) in [4.78, 5) is 4.09. The van der Waals surface area contributed by atoms with Gasteiger partial charge in [0.15, 0.2) is 0 Å². The van der Waals surface area contributed by atoms with Crippen molar-refractivity contribution >= 4 is 0 Å². The maximum atomic E-state index is 4.30. The minimum atomic E-state index is 0.871. The highest BCUT2D eigenvalue weighted by Gasteiger charge is 2.01. The van der Waals surface area contributed by atoms with Gasteiger partial charge >= 0.3 is 0 Å². The Morgan fingerprint density at radius 3 is 3.17 bits per heavy atom. The van der Waals surface area contributed by atoms with Crippen LogP contribution < -0.4 is 5.32 Å².